The Labute approximate surface area is 68.8 Å². The largest absolute Gasteiger partial charge is 0.500 e. The Morgan fingerprint density at radius 1 is 1.36 bits per heavy atom. The number of hydrogen-bond acceptors (Lipinski definition) is 2. The molecule has 1 heterocycles. The van der Waals surface area contributed by atoms with E-state index >= 15 is 0 Å². The topological polar surface area (TPSA) is 12.5 Å². The molecule has 0 aromatic carbocycles. The second-order valence-electron chi connectivity index (χ2n) is 3.08. The molecule has 0 radical (unpaired) electrons. The molecule has 0 aromatic rings. The maximum Gasteiger partial charge on any atom is 0.102 e. The van der Waals surface area contributed by atoms with E-state index in [1.165, 1.54) is 32.4 Å². The Hall–Kier alpha value is -0.500. The van der Waals surface area contributed by atoms with Gasteiger partial charge in [-0.3, -0.25) is 4.90 Å². The lowest BCUT2D eigenvalue weighted by molar-refractivity contribution is 0.191. The summed E-state index contributed by atoms with van der Waals surface area (Å²) in [5.41, 5.74) is 0. The van der Waals surface area contributed by atoms with E-state index < -0.39 is 0 Å². The smallest absolute Gasteiger partial charge is 0.102 e. The summed E-state index contributed by atoms with van der Waals surface area (Å²) in [7, 11) is 1.69. The van der Waals surface area contributed by atoms with Crippen LogP contribution in [0.15, 0.2) is 12.3 Å². The zero-order valence-electron chi connectivity index (χ0n) is 7.31. The van der Waals surface area contributed by atoms with E-state index in [1.807, 2.05) is 0 Å². The monoisotopic (exact) mass is 155 g/mol. The molecule has 0 atom stereocenters. The number of piperidine rings is 1. The van der Waals surface area contributed by atoms with Gasteiger partial charge in [0.1, 0.15) is 5.76 Å². The molecule has 1 saturated heterocycles. The summed E-state index contributed by atoms with van der Waals surface area (Å²) in [4.78, 5) is 2.40. The van der Waals surface area contributed by atoms with Gasteiger partial charge in [0.25, 0.3) is 0 Å². The van der Waals surface area contributed by atoms with Gasteiger partial charge in [-0.1, -0.05) is 13.0 Å². The van der Waals surface area contributed by atoms with E-state index in [1.54, 1.807) is 7.11 Å². The van der Waals surface area contributed by atoms with Crippen molar-refractivity contribution in [1.29, 1.82) is 0 Å². The first-order valence-corrected chi connectivity index (χ1v) is 4.27. The van der Waals surface area contributed by atoms with Crippen molar-refractivity contribution >= 4 is 0 Å². The van der Waals surface area contributed by atoms with Crippen molar-refractivity contribution < 1.29 is 4.74 Å². The van der Waals surface area contributed by atoms with Crippen LogP contribution in [0.5, 0.6) is 0 Å². The van der Waals surface area contributed by atoms with Gasteiger partial charge in [-0.25, -0.2) is 0 Å². The quantitative estimate of drug-likeness (QED) is 0.574. The van der Waals surface area contributed by atoms with E-state index in [0.717, 1.165) is 12.3 Å². The van der Waals surface area contributed by atoms with Crippen LogP contribution in [0.2, 0.25) is 0 Å². The van der Waals surface area contributed by atoms with Gasteiger partial charge in [-0.15, -0.1) is 0 Å². The van der Waals surface area contributed by atoms with Gasteiger partial charge in [0, 0.05) is 0 Å². The summed E-state index contributed by atoms with van der Waals surface area (Å²) < 4.78 is 5.02. The summed E-state index contributed by atoms with van der Waals surface area (Å²) in [5, 5.41) is 0. The summed E-state index contributed by atoms with van der Waals surface area (Å²) in [5.74, 6) is 0.881. The second kappa shape index (κ2) is 4.39. The van der Waals surface area contributed by atoms with Crippen LogP contribution in [0.25, 0.3) is 0 Å². The molecule has 2 nitrogen and oxygen atoms in total. The fourth-order valence-electron chi connectivity index (χ4n) is 1.43. The lowest BCUT2D eigenvalue weighted by atomic mass is 10.1. The van der Waals surface area contributed by atoms with Gasteiger partial charge < -0.3 is 4.74 Å². The van der Waals surface area contributed by atoms with Crippen molar-refractivity contribution in [2.24, 2.45) is 0 Å². The van der Waals surface area contributed by atoms with Crippen molar-refractivity contribution in [3.63, 3.8) is 0 Å². The fourth-order valence-corrected chi connectivity index (χ4v) is 1.43. The molecule has 0 saturated carbocycles. The second-order valence-corrected chi connectivity index (χ2v) is 3.08. The molecule has 0 aromatic heterocycles. The van der Waals surface area contributed by atoms with Gasteiger partial charge in [0.05, 0.1) is 13.7 Å². The zero-order valence-corrected chi connectivity index (χ0v) is 7.31. The molecule has 11 heavy (non-hydrogen) atoms. The average molecular weight is 155 g/mol. The Kier molecular flexibility index (Phi) is 3.43. The highest BCUT2D eigenvalue weighted by atomic mass is 16.5. The predicted octanol–water partition coefficient (Wildman–Crippen LogP) is 1.63. The van der Waals surface area contributed by atoms with Crippen molar-refractivity contribution in [3.05, 3.63) is 12.3 Å². The molecule has 1 aliphatic heterocycles. The third kappa shape index (κ3) is 2.93. The third-order valence-corrected chi connectivity index (χ3v) is 2.14. The first-order valence-electron chi connectivity index (χ1n) is 4.27. The third-order valence-electron chi connectivity index (χ3n) is 2.14. The first kappa shape index (κ1) is 8.60. The number of hydrogen-bond donors (Lipinski definition) is 0. The Morgan fingerprint density at radius 3 is 2.55 bits per heavy atom. The SMILES string of the molecule is C=C(CN1CCCCC1)OC. The highest BCUT2D eigenvalue weighted by Crippen LogP contribution is 2.09. The predicted molar refractivity (Wildman–Crippen MR) is 46.4 cm³/mol. The molecule has 0 amide bonds. The fraction of sp³-hybridized carbons (Fsp3) is 0.778. The van der Waals surface area contributed by atoms with Crippen molar-refractivity contribution in [2.45, 2.75) is 19.3 Å². The van der Waals surface area contributed by atoms with Crippen LogP contribution in [0, 0.1) is 0 Å². The summed E-state index contributed by atoms with van der Waals surface area (Å²) in [6.07, 6.45) is 4.05. The number of nitrogens with zero attached hydrogens (tertiary/aromatic N) is 1. The van der Waals surface area contributed by atoms with Crippen LogP contribution >= 0.6 is 0 Å². The summed E-state index contributed by atoms with van der Waals surface area (Å²) in [6.45, 7) is 7.14. The van der Waals surface area contributed by atoms with E-state index in [-0.39, 0.29) is 0 Å². The van der Waals surface area contributed by atoms with Gasteiger partial charge in [-0.2, -0.15) is 0 Å². The molecule has 64 valence electrons. The lowest BCUT2D eigenvalue weighted by Crippen LogP contribution is -2.31. The maximum atomic E-state index is 5.02. The molecule has 0 N–H and O–H groups in total. The zero-order chi connectivity index (χ0) is 8.10. The Balaban J connectivity index is 2.19. The normalized spacial score (nSPS) is 19.7. The minimum Gasteiger partial charge on any atom is -0.500 e. The first-order chi connectivity index (χ1) is 5.33. The summed E-state index contributed by atoms with van der Waals surface area (Å²) >= 11 is 0. The van der Waals surface area contributed by atoms with Crippen LogP contribution in [0.1, 0.15) is 19.3 Å². The van der Waals surface area contributed by atoms with Gasteiger partial charge >= 0.3 is 0 Å². The van der Waals surface area contributed by atoms with Crippen LogP contribution in [-0.2, 0) is 4.74 Å². The van der Waals surface area contributed by atoms with Gasteiger partial charge in [0.2, 0.25) is 0 Å². The van der Waals surface area contributed by atoms with E-state index in [0.29, 0.717) is 0 Å². The average Bonchev–Trinajstić information content (AvgIpc) is 2.06. The molecule has 1 fully saturated rings. The van der Waals surface area contributed by atoms with E-state index in [2.05, 4.69) is 11.5 Å². The molecule has 1 aliphatic rings. The van der Waals surface area contributed by atoms with Crippen LogP contribution < -0.4 is 0 Å². The lowest BCUT2D eigenvalue weighted by Gasteiger charge is -2.26. The maximum absolute atomic E-state index is 5.02. The molecule has 2 heteroatoms. The minimum atomic E-state index is 0.881. The number of methoxy groups -OCH3 is 1. The van der Waals surface area contributed by atoms with Crippen molar-refractivity contribution in [2.75, 3.05) is 26.7 Å². The molecular formula is C9H17NO. The number of ether oxygens (including phenoxy) is 1. The van der Waals surface area contributed by atoms with Gasteiger partial charge in [0.15, 0.2) is 0 Å². The minimum absolute atomic E-state index is 0.881. The molecular weight excluding hydrogens is 138 g/mol. The Bertz CT molecular complexity index is 128. The van der Waals surface area contributed by atoms with Crippen LogP contribution in [0.4, 0.5) is 0 Å². The molecule has 0 aliphatic carbocycles. The highest BCUT2D eigenvalue weighted by Gasteiger charge is 2.10. The van der Waals surface area contributed by atoms with Crippen molar-refractivity contribution in [1.82, 2.24) is 4.90 Å². The van der Waals surface area contributed by atoms with Crippen LogP contribution in [0.3, 0.4) is 0 Å². The molecule has 0 bridgehead atoms. The summed E-state index contributed by atoms with van der Waals surface area (Å²) in [6, 6.07) is 0. The Morgan fingerprint density at radius 2 is 2.00 bits per heavy atom. The number of likely N-dealkylation sites (tertiary alicyclic amines) is 1. The van der Waals surface area contributed by atoms with Gasteiger partial charge in [-0.05, 0) is 25.9 Å². The molecule has 0 spiro atoms. The van der Waals surface area contributed by atoms with E-state index in [4.69, 9.17) is 4.74 Å². The van der Waals surface area contributed by atoms with E-state index in [9.17, 15) is 0 Å². The highest BCUT2D eigenvalue weighted by molar-refractivity contribution is 4.86. The number of rotatable bonds is 3. The molecule has 0 unspecified atom stereocenters. The standard InChI is InChI=1S/C9H17NO/c1-9(11-2)8-10-6-4-3-5-7-10/h1,3-8H2,2H3. The van der Waals surface area contributed by atoms with Crippen molar-refractivity contribution in [3.8, 4) is 0 Å². The molecule has 1 rings (SSSR count). The van der Waals surface area contributed by atoms with Crippen LogP contribution in [-0.4, -0.2) is 31.6 Å².